The molecule has 0 aliphatic carbocycles. The van der Waals surface area contributed by atoms with Gasteiger partial charge in [-0.3, -0.25) is 0 Å². The molecule has 0 saturated heterocycles. The quantitative estimate of drug-likeness (QED) is 0.754. The molecule has 0 bridgehead atoms. The molecule has 0 saturated carbocycles. The van der Waals surface area contributed by atoms with E-state index in [9.17, 15) is 0 Å². The Morgan fingerprint density at radius 1 is 0.842 bits per heavy atom. The molecular formula is C16H14N2S. The standard InChI is InChI=1S/C16H14N2S/c1-17-16-18-15(11-19-16)14-9-7-13(8-10-14)12-5-3-2-4-6-12/h2-11H,1H3,(H,17,18). The second-order valence-corrected chi connectivity index (χ2v) is 5.09. The van der Waals surface area contributed by atoms with Crippen LogP contribution in [0.5, 0.6) is 0 Å². The molecule has 0 aliphatic heterocycles. The minimum absolute atomic E-state index is 0.946. The summed E-state index contributed by atoms with van der Waals surface area (Å²) in [4.78, 5) is 4.51. The zero-order chi connectivity index (χ0) is 13.1. The van der Waals surface area contributed by atoms with E-state index in [1.54, 1.807) is 11.3 Å². The maximum absolute atomic E-state index is 4.51. The van der Waals surface area contributed by atoms with Crippen LogP contribution >= 0.6 is 11.3 Å². The lowest BCUT2D eigenvalue weighted by molar-refractivity contribution is 1.36. The van der Waals surface area contributed by atoms with E-state index in [4.69, 9.17) is 0 Å². The zero-order valence-electron chi connectivity index (χ0n) is 10.6. The minimum atomic E-state index is 0.946. The van der Waals surface area contributed by atoms with Gasteiger partial charge in [0.2, 0.25) is 0 Å². The van der Waals surface area contributed by atoms with Gasteiger partial charge in [0.05, 0.1) is 5.69 Å². The number of aromatic nitrogens is 1. The molecule has 19 heavy (non-hydrogen) atoms. The number of thiazole rings is 1. The Labute approximate surface area is 116 Å². The van der Waals surface area contributed by atoms with Gasteiger partial charge in [-0.2, -0.15) is 0 Å². The Balaban J connectivity index is 1.90. The van der Waals surface area contributed by atoms with E-state index in [-0.39, 0.29) is 0 Å². The molecule has 0 aliphatic rings. The summed E-state index contributed by atoms with van der Waals surface area (Å²) in [5.74, 6) is 0. The topological polar surface area (TPSA) is 24.9 Å². The largest absolute Gasteiger partial charge is 0.365 e. The fraction of sp³-hybridized carbons (Fsp3) is 0.0625. The van der Waals surface area contributed by atoms with Crippen molar-refractivity contribution in [2.24, 2.45) is 0 Å². The molecule has 94 valence electrons. The summed E-state index contributed by atoms with van der Waals surface area (Å²) < 4.78 is 0. The smallest absolute Gasteiger partial charge is 0.182 e. The van der Waals surface area contributed by atoms with Crippen LogP contribution in [-0.4, -0.2) is 12.0 Å². The Kier molecular flexibility index (Phi) is 3.29. The lowest BCUT2D eigenvalue weighted by atomic mass is 10.0. The maximum atomic E-state index is 4.51. The molecule has 0 amide bonds. The summed E-state index contributed by atoms with van der Waals surface area (Å²) >= 11 is 1.62. The van der Waals surface area contributed by atoms with Gasteiger partial charge in [0.25, 0.3) is 0 Å². The zero-order valence-corrected chi connectivity index (χ0v) is 11.4. The van der Waals surface area contributed by atoms with E-state index in [0.717, 1.165) is 16.4 Å². The summed E-state index contributed by atoms with van der Waals surface area (Å²) in [7, 11) is 1.89. The van der Waals surface area contributed by atoms with Crippen molar-refractivity contribution in [1.29, 1.82) is 0 Å². The van der Waals surface area contributed by atoms with Crippen LogP contribution in [0.4, 0.5) is 5.13 Å². The molecule has 2 nitrogen and oxygen atoms in total. The summed E-state index contributed by atoms with van der Waals surface area (Å²) in [6.45, 7) is 0. The van der Waals surface area contributed by atoms with Crippen LogP contribution < -0.4 is 5.32 Å². The first-order valence-corrected chi connectivity index (χ1v) is 7.04. The fourth-order valence-electron chi connectivity index (χ4n) is 1.99. The number of anilines is 1. The van der Waals surface area contributed by atoms with E-state index in [1.807, 2.05) is 13.1 Å². The second-order valence-electron chi connectivity index (χ2n) is 4.23. The number of rotatable bonds is 3. The van der Waals surface area contributed by atoms with Gasteiger partial charge in [0.15, 0.2) is 5.13 Å². The predicted molar refractivity (Wildman–Crippen MR) is 82.5 cm³/mol. The lowest BCUT2D eigenvalue weighted by Gasteiger charge is -2.02. The van der Waals surface area contributed by atoms with Crippen LogP contribution in [0.3, 0.4) is 0 Å². The summed E-state index contributed by atoms with van der Waals surface area (Å²) in [6.07, 6.45) is 0. The van der Waals surface area contributed by atoms with Crippen LogP contribution in [0.1, 0.15) is 0 Å². The van der Waals surface area contributed by atoms with Crippen molar-refractivity contribution in [2.45, 2.75) is 0 Å². The monoisotopic (exact) mass is 266 g/mol. The average Bonchev–Trinajstić information content (AvgIpc) is 2.97. The van der Waals surface area contributed by atoms with E-state index >= 15 is 0 Å². The molecule has 0 radical (unpaired) electrons. The first kappa shape index (κ1) is 11.9. The highest BCUT2D eigenvalue weighted by Crippen LogP contribution is 2.27. The van der Waals surface area contributed by atoms with Crippen LogP contribution in [-0.2, 0) is 0 Å². The summed E-state index contributed by atoms with van der Waals surface area (Å²) in [5, 5.41) is 6.08. The van der Waals surface area contributed by atoms with Gasteiger partial charge in [-0.05, 0) is 11.1 Å². The van der Waals surface area contributed by atoms with Gasteiger partial charge in [0, 0.05) is 18.0 Å². The van der Waals surface area contributed by atoms with Crippen LogP contribution in [0.2, 0.25) is 0 Å². The molecule has 0 spiro atoms. The molecule has 2 aromatic carbocycles. The highest BCUT2D eigenvalue weighted by atomic mass is 32.1. The van der Waals surface area contributed by atoms with Crippen LogP contribution in [0.15, 0.2) is 60.0 Å². The molecule has 3 heteroatoms. The average molecular weight is 266 g/mol. The van der Waals surface area contributed by atoms with E-state index < -0.39 is 0 Å². The van der Waals surface area contributed by atoms with E-state index in [0.29, 0.717) is 0 Å². The Morgan fingerprint density at radius 2 is 1.47 bits per heavy atom. The van der Waals surface area contributed by atoms with Crippen molar-refractivity contribution in [3.05, 3.63) is 60.0 Å². The molecule has 3 aromatic rings. The summed E-state index contributed by atoms with van der Waals surface area (Å²) in [6, 6.07) is 18.9. The molecular weight excluding hydrogens is 252 g/mol. The van der Waals surface area contributed by atoms with Crippen LogP contribution in [0.25, 0.3) is 22.4 Å². The van der Waals surface area contributed by atoms with Gasteiger partial charge in [-0.15, -0.1) is 11.3 Å². The molecule has 0 atom stereocenters. The molecule has 1 N–H and O–H groups in total. The van der Waals surface area contributed by atoms with Gasteiger partial charge in [-0.1, -0.05) is 54.6 Å². The first-order chi connectivity index (χ1) is 9.36. The Hall–Kier alpha value is -2.13. The van der Waals surface area contributed by atoms with Crippen molar-refractivity contribution in [3.63, 3.8) is 0 Å². The number of benzene rings is 2. The predicted octanol–water partition coefficient (Wildman–Crippen LogP) is 4.52. The van der Waals surface area contributed by atoms with Crippen molar-refractivity contribution >= 4 is 16.5 Å². The van der Waals surface area contributed by atoms with Gasteiger partial charge < -0.3 is 5.32 Å². The highest BCUT2D eigenvalue weighted by Gasteiger charge is 2.04. The maximum Gasteiger partial charge on any atom is 0.182 e. The molecule has 1 heterocycles. The van der Waals surface area contributed by atoms with E-state index in [2.05, 4.69) is 64.2 Å². The molecule has 3 rings (SSSR count). The Morgan fingerprint density at radius 3 is 2.11 bits per heavy atom. The highest BCUT2D eigenvalue weighted by molar-refractivity contribution is 7.14. The van der Waals surface area contributed by atoms with Crippen molar-refractivity contribution in [1.82, 2.24) is 4.98 Å². The summed E-state index contributed by atoms with van der Waals surface area (Å²) in [5.41, 5.74) is 4.64. The third-order valence-electron chi connectivity index (χ3n) is 3.01. The minimum Gasteiger partial charge on any atom is -0.365 e. The number of nitrogens with one attached hydrogen (secondary N) is 1. The molecule has 1 aromatic heterocycles. The SMILES string of the molecule is CNc1nc(-c2ccc(-c3ccccc3)cc2)cs1. The van der Waals surface area contributed by atoms with Crippen molar-refractivity contribution in [2.75, 3.05) is 12.4 Å². The van der Waals surface area contributed by atoms with Crippen molar-refractivity contribution in [3.8, 4) is 22.4 Å². The van der Waals surface area contributed by atoms with Gasteiger partial charge in [0.1, 0.15) is 0 Å². The van der Waals surface area contributed by atoms with Gasteiger partial charge >= 0.3 is 0 Å². The fourth-order valence-corrected chi connectivity index (χ4v) is 2.67. The first-order valence-electron chi connectivity index (χ1n) is 6.16. The second kappa shape index (κ2) is 5.24. The van der Waals surface area contributed by atoms with Crippen molar-refractivity contribution < 1.29 is 0 Å². The number of nitrogens with zero attached hydrogens (tertiary/aromatic N) is 1. The van der Waals surface area contributed by atoms with Crippen LogP contribution in [0, 0.1) is 0 Å². The Bertz CT molecular complexity index is 657. The normalized spacial score (nSPS) is 10.4. The third-order valence-corrected chi connectivity index (χ3v) is 3.87. The molecule has 0 unspecified atom stereocenters. The number of hydrogen-bond acceptors (Lipinski definition) is 3. The van der Waals surface area contributed by atoms with Gasteiger partial charge in [-0.25, -0.2) is 4.98 Å². The number of hydrogen-bond donors (Lipinski definition) is 1. The van der Waals surface area contributed by atoms with E-state index in [1.165, 1.54) is 11.1 Å². The molecule has 0 fully saturated rings. The third kappa shape index (κ3) is 2.51. The lowest BCUT2D eigenvalue weighted by Crippen LogP contribution is -1.86.